The van der Waals surface area contributed by atoms with Gasteiger partial charge in [-0.15, -0.1) is 6.42 Å². The molecule has 1 aromatic rings. The highest BCUT2D eigenvalue weighted by Crippen LogP contribution is 2.35. The predicted molar refractivity (Wildman–Crippen MR) is 104 cm³/mol. The minimum absolute atomic E-state index is 0.108. The topological polar surface area (TPSA) is 81.8 Å². The summed E-state index contributed by atoms with van der Waals surface area (Å²) in [6.45, 7) is 2.53. The van der Waals surface area contributed by atoms with Gasteiger partial charge in [-0.3, -0.25) is 19.9 Å². The summed E-state index contributed by atoms with van der Waals surface area (Å²) in [5.41, 5.74) is 2.29. The largest absolute Gasteiger partial charge is 0.344 e. The van der Waals surface area contributed by atoms with Gasteiger partial charge in [0, 0.05) is 6.54 Å². The van der Waals surface area contributed by atoms with Gasteiger partial charge in [-0.25, -0.2) is 9.18 Å². The first-order chi connectivity index (χ1) is 13.8. The molecule has 3 rings (SSSR count). The van der Waals surface area contributed by atoms with Crippen molar-refractivity contribution in [3.8, 4) is 12.3 Å². The average Bonchev–Trinajstić information content (AvgIpc) is 2.90. The number of hydrazine groups is 1. The van der Waals surface area contributed by atoms with Gasteiger partial charge in [-0.05, 0) is 49.3 Å². The van der Waals surface area contributed by atoms with Crippen LogP contribution in [0.2, 0.25) is 0 Å². The van der Waals surface area contributed by atoms with E-state index in [1.54, 1.807) is 17.0 Å². The van der Waals surface area contributed by atoms with Gasteiger partial charge < -0.3 is 5.32 Å². The number of nitrogens with zero attached hydrogens (tertiary/aromatic N) is 2. The van der Waals surface area contributed by atoms with Crippen molar-refractivity contribution in [3.05, 3.63) is 35.6 Å². The van der Waals surface area contributed by atoms with Crippen LogP contribution in [-0.4, -0.2) is 46.4 Å². The number of terminal acetylenes is 1. The minimum Gasteiger partial charge on any atom is -0.322 e. The second kappa shape index (κ2) is 8.62. The van der Waals surface area contributed by atoms with Crippen LogP contribution in [0, 0.1) is 24.1 Å². The fourth-order valence-electron chi connectivity index (χ4n) is 3.82. The van der Waals surface area contributed by atoms with Crippen molar-refractivity contribution in [3.63, 3.8) is 0 Å². The van der Waals surface area contributed by atoms with E-state index in [2.05, 4.69) is 23.6 Å². The van der Waals surface area contributed by atoms with Crippen molar-refractivity contribution < 1.29 is 18.8 Å². The van der Waals surface area contributed by atoms with Gasteiger partial charge >= 0.3 is 6.03 Å². The van der Waals surface area contributed by atoms with E-state index in [-0.39, 0.29) is 18.9 Å². The smallest absolute Gasteiger partial charge is 0.322 e. The number of imide groups is 1. The molecule has 1 spiro atoms. The molecule has 2 N–H and O–H groups in total. The molecule has 29 heavy (non-hydrogen) atoms. The predicted octanol–water partition coefficient (Wildman–Crippen LogP) is 1.79. The van der Waals surface area contributed by atoms with E-state index in [1.165, 1.54) is 12.1 Å². The van der Waals surface area contributed by atoms with E-state index in [0.29, 0.717) is 25.3 Å². The number of carbonyl (C=O) groups excluding carboxylic acids is 3. The zero-order chi connectivity index (χ0) is 21.0. The zero-order valence-electron chi connectivity index (χ0n) is 16.4. The quantitative estimate of drug-likeness (QED) is 0.564. The van der Waals surface area contributed by atoms with E-state index in [1.807, 2.05) is 0 Å². The molecular formula is C21H25FN4O3. The molecule has 0 radical (unpaired) electrons. The Morgan fingerprint density at radius 3 is 2.62 bits per heavy atom. The Hall–Kier alpha value is -2.92. The van der Waals surface area contributed by atoms with Gasteiger partial charge in [0.1, 0.15) is 11.4 Å². The monoisotopic (exact) mass is 400 g/mol. The third kappa shape index (κ3) is 4.74. The standard InChI is InChI=1S/C21H25FN4O3/c1-3-12-25(13-16-4-6-17(22)7-5-16)14-18(27)24-26-19(28)21(23-20(26)29)10-8-15(2)9-11-21/h1,4-7,15H,8-14H2,2H3,(H,23,29)(H,24,27). The maximum absolute atomic E-state index is 13.1. The number of hydrogen-bond donors (Lipinski definition) is 2. The Morgan fingerprint density at radius 1 is 1.34 bits per heavy atom. The lowest BCUT2D eigenvalue weighted by Gasteiger charge is -2.33. The molecule has 1 saturated heterocycles. The van der Waals surface area contributed by atoms with E-state index in [0.717, 1.165) is 23.4 Å². The lowest BCUT2D eigenvalue weighted by Crippen LogP contribution is -2.52. The molecule has 1 heterocycles. The number of urea groups is 1. The van der Waals surface area contributed by atoms with Gasteiger partial charge in [-0.2, -0.15) is 5.01 Å². The van der Waals surface area contributed by atoms with Crippen LogP contribution in [0.5, 0.6) is 0 Å². The van der Waals surface area contributed by atoms with Crippen LogP contribution in [0.1, 0.15) is 38.2 Å². The number of hydrogen-bond acceptors (Lipinski definition) is 4. The highest BCUT2D eigenvalue weighted by molar-refractivity contribution is 6.08. The van der Waals surface area contributed by atoms with Gasteiger partial charge in [0.2, 0.25) is 0 Å². The second-order valence-corrected chi connectivity index (χ2v) is 7.85. The molecule has 154 valence electrons. The summed E-state index contributed by atoms with van der Waals surface area (Å²) >= 11 is 0. The van der Waals surface area contributed by atoms with Crippen molar-refractivity contribution in [2.24, 2.45) is 5.92 Å². The summed E-state index contributed by atoms with van der Waals surface area (Å²) in [5, 5.41) is 3.54. The van der Waals surface area contributed by atoms with Crippen molar-refractivity contribution >= 4 is 17.8 Å². The van der Waals surface area contributed by atoms with Crippen molar-refractivity contribution in [2.45, 2.75) is 44.7 Å². The van der Waals surface area contributed by atoms with Crippen LogP contribution in [0.4, 0.5) is 9.18 Å². The highest BCUT2D eigenvalue weighted by atomic mass is 19.1. The van der Waals surface area contributed by atoms with Crippen molar-refractivity contribution in [2.75, 3.05) is 13.1 Å². The van der Waals surface area contributed by atoms with Crippen LogP contribution < -0.4 is 10.7 Å². The summed E-state index contributed by atoms with van der Waals surface area (Å²) in [5.74, 6) is 1.71. The molecule has 1 aromatic carbocycles. The SMILES string of the molecule is C#CCN(CC(=O)NN1C(=O)NC2(CCC(C)CC2)C1=O)Cc1ccc(F)cc1. The molecule has 1 aliphatic heterocycles. The Morgan fingerprint density at radius 2 is 2.00 bits per heavy atom. The summed E-state index contributed by atoms with van der Waals surface area (Å²) in [6.07, 6.45) is 8.22. The lowest BCUT2D eigenvalue weighted by molar-refractivity contribution is -0.140. The second-order valence-electron chi connectivity index (χ2n) is 7.85. The van der Waals surface area contributed by atoms with Crippen LogP contribution in [0.15, 0.2) is 24.3 Å². The van der Waals surface area contributed by atoms with E-state index >= 15 is 0 Å². The molecule has 0 bridgehead atoms. The van der Waals surface area contributed by atoms with Crippen molar-refractivity contribution in [1.82, 2.24) is 20.7 Å². The number of halogens is 1. The molecule has 7 nitrogen and oxygen atoms in total. The first-order valence-electron chi connectivity index (χ1n) is 9.69. The van der Waals surface area contributed by atoms with Crippen LogP contribution in [0.25, 0.3) is 0 Å². The Bertz CT molecular complexity index is 825. The first kappa shape index (κ1) is 20.8. The third-order valence-corrected chi connectivity index (χ3v) is 5.53. The lowest BCUT2D eigenvalue weighted by atomic mass is 9.77. The van der Waals surface area contributed by atoms with Gasteiger partial charge in [-0.1, -0.05) is 25.0 Å². The molecule has 1 aliphatic carbocycles. The van der Waals surface area contributed by atoms with Gasteiger partial charge in [0.25, 0.3) is 11.8 Å². The highest BCUT2D eigenvalue weighted by Gasteiger charge is 2.52. The number of benzene rings is 1. The van der Waals surface area contributed by atoms with Crippen LogP contribution >= 0.6 is 0 Å². The minimum atomic E-state index is -0.913. The maximum atomic E-state index is 13.1. The molecule has 8 heteroatoms. The summed E-state index contributed by atoms with van der Waals surface area (Å²) < 4.78 is 13.1. The van der Waals surface area contributed by atoms with Gasteiger partial charge in [0.05, 0.1) is 13.1 Å². The molecule has 0 unspecified atom stereocenters. The fraction of sp³-hybridized carbons (Fsp3) is 0.476. The Kier molecular flexibility index (Phi) is 6.18. The molecule has 0 atom stereocenters. The number of amides is 4. The first-order valence-corrected chi connectivity index (χ1v) is 9.69. The van der Waals surface area contributed by atoms with Crippen LogP contribution in [0.3, 0.4) is 0 Å². The molecule has 2 aliphatic rings. The van der Waals surface area contributed by atoms with Gasteiger partial charge in [0.15, 0.2) is 0 Å². The molecule has 2 fully saturated rings. The normalized spacial score (nSPS) is 23.9. The molecular weight excluding hydrogens is 375 g/mol. The molecule has 1 saturated carbocycles. The molecule has 0 aromatic heterocycles. The third-order valence-electron chi connectivity index (χ3n) is 5.53. The van der Waals surface area contributed by atoms with E-state index in [4.69, 9.17) is 6.42 Å². The maximum Gasteiger partial charge on any atom is 0.344 e. The summed E-state index contributed by atoms with van der Waals surface area (Å²) in [6, 6.07) is 5.28. The Balaban J connectivity index is 1.61. The van der Waals surface area contributed by atoms with Crippen molar-refractivity contribution in [1.29, 1.82) is 0 Å². The number of rotatable bonds is 6. The summed E-state index contributed by atoms with van der Waals surface area (Å²) in [4.78, 5) is 39.3. The average molecular weight is 400 g/mol. The Labute approximate surface area is 169 Å². The molecule has 4 amide bonds. The number of carbonyl (C=O) groups is 3. The van der Waals surface area contributed by atoms with Crippen LogP contribution in [-0.2, 0) is 16.1 Å². The van der Waals surface area contributed by atoms with E-state index in [9.17, 15) is 18.8 Å². The van der Waals surface area contributed by atoms with E-state index < -0.39 is 23.4 Å². The zero-order valence-corrected chi connectivity index (χ0v) is 16.4. The number of nitrogens with one attached hydrogen (secondary N) is 2. The fourth-order valence-corrected chi connectivity index (χ4v) is 3.82. The summed E-state index contributed by atoms with van der Waals surface area (Å²) in [7, 11) is 0.